The zero-order valence-electron chi connectivity index (χ0n) is 10.5. The van der Waals surface area contributed by atoms with Crippen molar-refractivity contribution >= 4 is 28.5 Å². The van der Waals surface area contributed by atoms with Crippen molar-refractivity contribution in [1.82, 2.24) is 15.5 Å². The minimum atomic E-state index is -1.17. The van der Waals surface area contributed by atoms with Gasteiger partial charge in [-0.2, -0.15) is 0 Å². The summed E-state index contributed by atoms with van der Waals surface area (Å²) in [5.74, 6) is -0.696. The lowest BCUT2D eigenvalue weighted by molar-refractivity contribution is -0.146. The number of nitrogens with one attached hydrogen (secondary N) is 2. The molecule has 0 bridgehead atoms. The summed E-state index contributed by atoms with van der Waals surface area (Å²) >= 11 is 1.18. The maximum absolute atomic E-state index is 11.8. The number of carboxylic acids is 1. The number of rotatable bonds is 3. The fourth-order valence-electron chi connectivity index (χ4n) is 2.49. The minimum Gasteiger partial charge on any atom is -0.480 e. The van der Waals surface area contributed by atoms with Gasteiger partial charge in [0.15, 0.2) is 0 Å². The Balaban J connectivity index is 2.04. The molecule has 0 saturated heterocycles. The van der Waals surface area contributed by atoms with E-state index >= 15 is 0 Å². The number of carboxylic acid groups (broad SMARTS) is 1. The highest BCUT2D eigenvalue weighted by Crippen LogP contribution is 2.32. The Bertz CT molecular complexity index is 465. The first kappa shape index (κ1) is 13.7. The van der Waals surface area contributed by atoms with Crippen molar-refractivity contribution in [2.45, 2.75) is 38.1 Å². The maximum Gasteiger partial charge on any atom is 0.329 e. The number of amides is 2. The van der Waals surface area contributed by atoms with Gasteiger partial charge in [-0.15, -0.1) is 10.2 Å². The predicted molar refractivity (Wildman–Crippen MR) is 70.1 cm³/mol. The molecule has 19 heavy (non-hydrogen) atoms. The number of hydrogen-bond donors (Lipinski definition) is 3. The summed E-state index contributed by atoms with van der Waals surface area (Å²) in [6.07, 6.45) is 2.70. The Morgan fingerprint density at radius 1 is 1.58 bits per heavy atom. The van der Waals surface area contributed by atoms with E-state index in [0.29, 0.717) is 18.0 Å². The van der Waals surface area contributed by atoms with Gasteiger partial charge in [-0.1, -0.05) is 31.1 Å². The Labute approximate surface area is 114 Å². The molecule has 0 spiro atoms. The fraction of sp³-hybridized carbons (Fsp3) is 0.636. The van der Waals surface area contributed by atoms with Gasteiger partial charge in [-0.05, 0) is 18.8 Å². The molecule has 0 radical (unpaired) electrons. The molecule has 1 aromatic heterocycles. The lowest BCUT2D eigenvalue weighted by Crippen LogP contribution is -2.57. The van der Waals surface area contributed by atoms with Crippen LogP contribution in [0.2, 0.25) is 0 Å². The van der Waals surface area contributed by atoms with E-state index in [0.717, 1.165) is 12.8 Å². The lowest BCUT2D eigenvalue weighted by atomic mass is 9.76. The predicted octanol–water partition coefficient (Wildman–Crippen LogP) is 1.69. The third-order valence-corrected chi connectivity index (χ3v) is 3.95. The fourth-order valence-corrected chi connectivity index (χ4v) is 2.93. The first-order chi connectivity index (χ1) is 9.02. The number of carbonyl (C=O) groups excluding carboxylic acids is 1. The van der Waals surface area contributed by atoms with Gasteiger partial charge in [0.05, 0.1) is 0 Å². The molecule has 3 N–H and O–H groups in total. The van der Waals surface area contributed by atoms with Gasteiger partial charge in [-0.3, -0.25) is 5.32 Å². The SMILES string of the molecule is CC1CCCC(NC(=O)Nc2nncs2)(C(=O)O)C1. The van der Waals surface area contributed by atoms with E-state index in [1.54, 1.807) is 0 Å². The second-order valence-electron chi connectivity index (χ2n) is 4.91. The van der Waals surface area contributed by atoms with Crippen molar-refractivity contribution in [3.8, 4) is 0 Å². The van der Waals surface area contributed by atoms with Crippen molar-refractivity contribution in [2.75, 3.05) is 5.32 Å². The molecule has 1 fully saturated rings. The van der Waals surface area contributed by atoms with Crippen LogP contribution in [0.3, 0.4) is 0 Å². The monoisotopic (exact) mass is 284 g/mol. The van der Waals surface area contributed by atoms with E-state index in [9.17, 15) is 14.7 Å². The number of anilines is 1. The molecule has 1 aliphatic carbocycles. The molecular weight excluding hydrogens is 268 g/mol. The first-order valence-electron chi connectivity index (χ1n) is 6.10. The highest BCUT2D eigenvalue weighted by molar-refractivity contribution is 7.13. The molecule has 1 heterocycles. The van der Waals surface area contributed by atoms with Crippen molar-refractivity contribution < 1.29 is 14.7 Å². The third kappa shape index (κ3) is 3.19. The summed E-state index contributed by atoms with van der Waals surface area (Å²) in [7, 11) is 0. The average Bonchev–Trinajstić information content (AvgIpc) is 2.81. The summed E-state index contributed by atoms with van der Waals surface area (Å²) in [6.45, 7) is 2.00. The lowest BCUT2D eigenvalue weighted by Gasteiger charge is -2.36. The van der Waals surface area contributed by atoms with Crippen LogP contribution in [-0.2, 0) is 4.79 Å². The third-order valence-electron chi connectivity index (χ3n) is 3.34. The number of aliphatic carboxylic acids is 1. The van der Waals surface area contributed by atoms with Crippen LogP contribution in [0.1, 0.15) is 32.6 Å². The van der Waals surface area contributed by atoms with E-state index in [2.05, 4.69) is 20.8 Å². The zero-order chi connectivity index (χ0) is 13.9. The maximum atomic E-state index is 11.8. The van der Waals surface area contributed by atoms with Crippen molar-refractivity contribution in [1.29, 1.82) is 0 Å². The second-order valence-corrected chi connectivity index (χ2v) is 5.75. The van der Waals surface area contributed by atoms with Gasteiger partial charge >= 0.3 is 12.0 Å². The summed E-state index contributed by atoms with van der Waals surface area (Å²) in [4.78, 5) is 23.3. The summed E-state index contributed by atoms with van der Waals surface area (Å²) in [5.41, 5.74) is 0.317. The highest BCUT2D eigenvalue weighted by Gasteiger charge is 2.43. The van der Waals surface area contributed by atoms with Gasteiger partial charge in [0.25, 0.3) is 0 Å². The van der Waals surface area contributed by atoms with Gasteiger partial charge in [-0.25, -0.2) is 9.59 Å². The topological polar surface area (TPSA) is 104 Å². The van der Waals surface area contributed by atoms with E-state index in [4.69, 9.17) is 0 Å². The molecule has 1 saturated carbocycles. The molecule has 0 aromatic carbocycles. The van der Waals surface area contributed by atoms with Crippen molar-refractivity contribution in [3.63, 3.8) is 0 Å². The Morgan fingerprint density at radius 2 is 2.37 bits per heavy atom. The molecule has 2 rings (SSSR count). The van der Waals surface area contributed by atoms with Crippen molar-refractivity contribution in [3.05, 3.63) is 5.51 Å². The van der Waals surface area contributed by atoms with Crippen LogP contribution in [-0.4, -0.2) is 32.8 Å². The Kier molecular flexibility index (Phi) is 3.98. The number of urea groups is 1. The molecule has 1 aliphatic rings. The van der Waals surface area contributed by atoms with Gasteiger partial charge in [0, 0.05) is 0 Å². The van der Waals surface area contributed by atoms with Gasteiger partial charge in [0.1, 0.15) is 11.0 Å². The first-order valence-corrected chi connectivity index (χ1v) is 6.98. The van der Waals surface area contributed by atoms with E-state index in [1.807, 2.05) is 6.92 Å². The molecule has 2 atom stereocenters. The van der Waals surface area contributed by atoms with Crippen LogP contribution >= 0.6 is 11.3 Å². The molecule has 8 heteroatoms. The number of carbonyl (C=O) groups is 2. The van der Waals surface area contributed by atoms with Crippen LogP contribution in [0, 0.1) is 5.92 Å². The average molecular weight is 284 g/mol. The van der Waals surface area contributed by atoms with E-state index < -0.39 is 17.5 Å². The van der Waals surface area contributed by atoms with Crippen LogP contribution in [0.5, 0.6) is 0 Å². The van der Waals surface area contributed by atoms with Gasteiger partial charge in [0.2, 0.25) is 5.13 Å². The highest BCUT2D eigenvalue weighted by atomic mass is 32.1. The number of aromatic nitrogens is 2. The Morgan fingerprint density at radius 3 is 2.95 bits per heavy atom. The zero-order valence-corrected chi connectivity index (χ0v) is 11.4. The van der Waals surface area contributed by atoms with Crippen LogP contribution in [0.25, 0.3) is 0 Å². The van der Waals surface area contributed by atoms with Crippen molar-refractivity contribution in [2.24, 2.45) is 5.92 Å². The Hall–Kier alpha value is -1.70. The van der Waals surface area contributed by atoms with E-state index in [-0.39, 0.29) is 5.92 Å². The molecule has 7 nitrogen and oxygen atoms in total. The molecule has 104 valence electrons. The molecule has 0 aliphatic heterocycles. The summed E-state index contributed by atoms with van der Waals surface area (Å²) in [6, 6.07) is -0.548. The molecule has 2 amide bonds. The summed E-state index contributed by atoms with van der Waals surface area (Å²) < 4.78 is 0. The molecule has 2 unspecified atom stereocenters. The molecule has 1 aromatic rings. The summed E-state index contributed by atoms with van der Waals surface area (Å²) in [5, 5.41) is 22.1. The van der Waals surface area contributed by atoms with Crippen LogP contribution in [0.15, 0.2) is 5.51 Å². The van der Waals surface area contributed by atoms with Gasteiger partial charge < -0.3 is 10.4 Å². The standard InChI is InChI=1S/C11H16N4O3S/c1-7-3-2-4-11(5-7,8(16)17)14-9(18)13-10-15-12-6-19-10/h6-7H,2-5H2,1H3,(H,16,17)(H2,13,14,15,18). The minimum absolute atomic E-state index is 0.284. The van der Waals surface area contributed by atoms with E-state index in [1.165, 1.54) is 16.8 Å². The smallest absolute Gasteiger partial charge is 0.329 e. The normalized spacial score (nSPS) is 26.7. The quantitative estimate of drug-likeness (QED) is 0.783. The van der Waals surface area contributed by atoms with Crippen LogP contribution < -0.4 is 10.6 Å². The second kappa shape index (κ2) is 5.52. The largest absolute Gasteiger partial charge is 0.480 e. The molecular formula is C11H16N4O3S. The van der Waals surface area contributed by atoms with Crippen LogP contribution in [0.4, 0.5) is 9.93 Å². The number of hydrogen-bond acceptors (Lipinski definition) is 5. The number of nitrogens with zero attached hydrogens (tertiary/aromatic N) is 2.